The molecule has 1 aromatic rings. The second-order valence-corrected chi connectivity index (χ2v) is 6.13. The lowest BCUT2D eigenvalue weighted by molar-refractivity contribution is -0.126. The maximum absolute atomic E-state index is 12.3. The Labute approximate surface area is 120 Å². The third-order valence-electron chi connectivity index (χ3n) is 4.09. The minimum Gasteiger partial charge on any atom is -0.346 e. The average Bonchev–Trinajstić information content (AvgIpc) is 3.20. The summed E-state index contributed by atoms with van der Waals surface area (Å²) in [5.74, 6) is 0.373. The van der Waals surface area contributed by atoms with Crippen molar-refractivity contribution in [1.29, 1.82) is 0 Å². The molecule has 0 aromatic heterocycles. The minimum absolute atomic E-state index is 0.0841. The van der Waals surface area contributed by atoms with E-state index < -0.39 is 0 Å². The molecule has 19 heavy (non-hydrogen) atoms. The van der Waals surface area contributed by atoms with Crippen molar-refractivity contribution in [1.82, 2.24) is 5.32 Å². The van der Waals surface area contributed by atoms with Gasteiger partial charge in [-0.05, 0) is 43.6 Å². The zero-order chi connectivity index (χ0) is 13.9. The molecule has 104 valence electrons. The summed E-state index contributed by atoms with van der Waals surface area (Å²) in [6.45, 7) is 4.17. The van der Waals surface area contributed by atoms with E-state index in [0.717, 1.165) is 25.7 Å². The fourth-order valence-corrected chi connectivity index (χ4v) is 3.32. The number of nitrogens with one attached hydrogen (secondary N) is 1. The SMILES string of the molecule is CCC(CC)C(=O)NC1(c2ccccc2SC)CC1. The molecule has 1 saturated carbocycles. The van der Waals surface area contributed by atoms with Crippen LogP contribution in [0.3, 0.4) is 0 Å². The zero-order valence-electron chi connectivity index (χ0n) is 12.0. The molecule has 0 aliphatic heterocycles. The van der Waals surface area contributed by atoms with E-state index in [1.165, 1.54) is 10.5 Å². The monoisotopic (exact) mass is 277 g/mol. The summed E-state index contributed by atoms with van der Waals surface area (Å²) >= 11 is 1.76. The van der Waals surface area contributed by atoms with Crippen LogP contribution in [0.1, 0.15) is 45.1 Å². The third kappa shape index (κ3) is 2.97. The molecule has 2 nitrogen and oxygen atoms in total. The Morgan fingerprint density at radius 2 is 1.95 bits per heavy atom. The molecule has 0 radical (unpaired) electrons. The van der Waals surface area contributed by atoms with Crippen LogP contribution in [0.15, 0.2) is 29.2 Å². The van der Waals surface area contributed by atoms with Gasteiger partial charge in [-0.15, -0.1) is 11.8 Å². The molecule has 0 atom stereocenters. The van der Waals surface area contributed by atoms with Gasteiger partial charge in [0.2, 0.25) is 5.91 Å². The fraction of sp³-hybridized carbons (Fsp3) is 0.562. The van der Waals surface area contributed by atoms with Gasteiger partial charge < -0.3 is 5.32 Å². The normalized spacial score (nSPS) is 16.4. The Balaban J connectivity index is 2.17. The molecule has 1 N–H and O–H groups in total. The molecule has 0 bridgehead atoms. The van der Waals surface area contributed by atoms with E-state index in [9.17, 15) is 4.79 Å². The average molecular weight is 277 g/mol. The van der Waals surface area contributed by atoms with Crippen LogP contribution in [-0.2, 0) is 10.3 Å². The molecule has 0 unspecified atom stereocenters. The van der Waals surface area contributed by atoms with Gasteiger partial charge in [0.15, 0.2) is 0 Å². The van der Waals surface area contributed by atoms with Crippen molar-refractivity contribution >= 4 is 17.7 Å². The van der Waals surface area contributed by atoms with Gasteiger partial charge in [0.25, 0.3) is 0 Å². The standard InChI is InChI=1S/C16H23NOS/c1-4-12(5-2)15(18)17-16(10-11-16)13-8-6-7-9-14(13)19-3/h6-9,12H,4-5,10-11H2,1-3H3,(H,17,18). The van der Waals surface area contributed by atoms with Crippen LogP contribution < -0.4 is 5.32 Å². The number of thioether (sulfide) groups is 1. The van der Waals surface area contributed by atoms with Crippen LogP contribution in [0.4, 0.5) is 0 Å². The van der Waals surface area contributed by atoms with E-state index in [2.05, 4.69) is 49.7 Å². The van der Waals surface area contributed by atoms with E-state index >= 15 is 0 Å². The molecule has 3 heteroatoms. The van der Waals surface area contributed by atoms with Crippen molar-refractivity contribution in [3.8, 4) is 0 Å². The largest absolute Gasteiger partial charge is 0.346 e. The number of amides is 1. The summed E-state index contributed by atoms with van der Waals surface area (Å²) in [5.41, 5.74) is 1.21. The van der Waals surface area contributed by atoms with Crippen molar-refractivity contribution in [3.63, 3.8) is 0 Å². The lowest BCUT2D eigenvalue weighted by Gasteiger charge is -2.23. The van der Waals surface area contributed by atoms with E-state index in [1.54, 1.807) is 11.8 Å². The van der Waals surface area contributed by atoms with Gasteiger partial charge in [0.1, 0.15) is 0 Å². The van der Waals surface area contributed by atoms with Crippen LogP contribution in [0.25, 0.3) is 0 Å². The smallest absolute Gasteiger partial charge is 0.223 e. The highest BCUT2D eigenvalue weighted by atomic mass is 32.2. The van der Waals surface area contributed by atoms with Crippen molar-refractivity contribution in [2.45, 2.75) is 50.0 Å². The van der Waals surface area contributed by atoms with Crippen LogP contribution in [0, 0.1) is 5.92 Å². The molecule has 1 aliphatic carbocycles. The first-order valence-electron chi connectivity index (χ1n) is 7.12. The molecule has 1 amide bonds. The maximum Gasteiger partial charge on any atom is 0.223 e. The van der Waals surface area contributed by atoms with Gasteiger partial charge in [-0.1, -0.05) is 32.0 Å². The predicted molar refractivity (Wildman–Crippen MR) is 81.3 cm³/mol. The molecule has 2 rings (SSSR count). The van der Waals surface area contributed by atoms with Gasteiger partial charge >= 0.3 is 0 Å². The minimum atomic E-state index is -0.0841. The molecular formula is C16H23NOS. The zero-order valence-corrected chi connectivity index (χ0v) is 12.8. The van der Waals surface area contributed by atoms with Gasteiger partial charge in [0, 0.05) is 10.8 Å². The van der Waals surface area contributed by atoms with Gasteiger partial charge in [0.05, 0.1) is 5.54 Å². The van der Waals surface area contributed by atoms with Gasteiger partial charge in [-0.2, -0.15) is 0 Å². The molecule has 1 fully saturated rings. The van der Waals surface area contributed by atoms with Crippen molar-refractivity contribution in [2.75, 3.05) is 6.26 Å². The lowest BCUT2D eigenvalue weighted by atomic mass is 9.99. The highest BCUT2D eigenvalue weighted by Crippen LogP contribution is 2.48. The molecule has 0 spiro atoms. The molecular weight excluding hydrogens is 254 g/mol. The highest BCUT2D eigenvalue weighted by molar-refractivity contribution is 7.98. The number of benzene rings is 1. The summed E-state index contributed by atoms with van der Waals surface area (Å²) < 4.78 is 0. The molecule has 0 saturated heterocycles. The first-order chi connectivity index (χ1) is 9.16. The van der Waals surface area contributed by atoms with Gasteiger partial charge in [-0.3, -0.25) is 4.79 Å². The molecule has 0 heterocycles. The first-order valence-corrected chi connectivity index (χ1v) is 8.35. The maximum atomic E-state index is 12.3. The summed E-state index contributed by atoms with van der Waals surface area (Å²) in [6, 6.07) is 8.43. The Kier molecular flexibility index (Phi) is 4.56. The number of carbonyl (C=O) groups excluding carboxylic acids is 1. The summed E-state index contributed by atoms with van der Waals surface area (Å²) in [4.78, 5) is 13.6. The van der Waals surface area contributed by atoms with Crippen molar-refractivity contribution < 1.29 is 4.79 Å². The van der Waals surface area contributed by atoms with Crippen molar-refractivity contribution in [3.05, 3.63) is 29.8 Å². The molecule has 1 aliphatic rings. The summed E-state index contributed by atoms with van der Waals surface area (Å²) in [6.07, 6.45) is 6.07. The van der Waals surface area contributed by atoms with E-state index in [-0.39, 0.29) is 17.4 Å². The fourth-order valence-electron chi connectivity index (χ4n) is 2.62. The molecule has 1 aromatic carbocycles. The first kappa shape index (κ1) is 14.4. The topological polar surface area (TPSA) is 29.1 Å². The van der Waals surface area contributed by atoms with Crippen LogP contribution in [0.5, 0.6) is 0 Å². The quantitative estimate of drug-likeness (QED) is 0.798. The van der Waals surface area contributed by atoms with E-state index in [1.807, 2.05) is 0 Å². The Bertz CT molecular complexity index is 450. The summed E-state index contributed by atoms with van der Waals surface area (Å²) in [7, 11) is 0. The number of hydrogen-bond acceptors (Lipinski definition) is 2. The van der Waals surface area contributed by atoms with E-state index in [4.69, 9.17) is 0 Å². The van der Waals surface area contributed by atoms with Crippen LogP contribution in [0.2, 0.25) is 0 Å². The number of rotatable bonds is 6. The van der Waals surface area contributed by atoms with Crippen LogP contribution in [-0.4, -0.2) is 12.2 Å². The summed E-state index contributed by atoms with van der Waals surface area (Å²) in [5, 5.41) is 3.31. The Hall–Kier alpha value is -0.960. The second kappa shape index (κ2) is 6.00. The van der Waals surface area contributed by atoms with Crippen molar-refractivity contribution in [2.24, 2.45) is 5.92 Å². The lowest BCUT2D eigenvalue weighted by Crippen LogP contribution is -2.39. The predicted octanol–water partition coefficient (Wildman–Crippen LogP) is 3.95. The van der Waals surface area contributed by atoms with Gasteiger partial charge in [-0.25, -0.2) is 0 Å². The second-order valence-electron chi connectivity index (χ2n) is 5.29. The Morgan fingerprint density at radius 1 is 1.32 bits per heavy atom. The number of carbonyl (C=O) groups is 1. The van der Waals surface area contributed by atoms with E-state index in [0.29, 0.717) is 0 Å². The highest BCUT2D eigenvalue weighted by Gasteiger charge is 2.47. The number of hydrogen-bond donors (Lipinski definition) is 1. The Morgan fingerprint density at radius 3 is 2.47 bits per heavy atom. The van der Waals surface area contributed by atoms with Crippen LogP contribution >= 0.6 is 11.8 Å². The third-order valence-corrected chi connectivity index (χ3v) is 4.89.